The van der Waals surface area contributed by atoms with Gasteiger partial charge in [0.2, 0.25) is 0 Å². The second-order valence-electron chi connectivity index (χ2n) is 9.69. The van der Waals surface area contributed by atoms with Gasteiger partial charge < -0.3 is 35.6 Å². The van der Waals surface area contributed by atoms with Crippen LogP contribution in [0, 0.1) is 5.41 Å². The van der Waals surface area contributed by atoms with Crippen LogP contribution in [0.15, 0.2) is 21.8 Å². The highest BCUT2D eigenvalue weighted by atomic mass is 32.2. The summed E-state index contributed by atoms with van der Waals surface area (Å²) < 4.78 is 9.52. The molecule has 0 bridgehead atoms. The third-order valence-electron chi connectivity index (χ3n) is 6.00. The van der Waals surface area contributed by atoms with Gasteiger partial charge in [-0.1, -0.05) is 31.8 Å². The van der Waals surface area contributed by atoms with Crippen LogP contribution in [0.2, 0.25) is 0 Å². The molecule has 0 radical (unpaired) electrons. The SMILES string of the molecule is CCCCO/N=C(\C(=O)N[C@@H]1C(=O)N2C(C(=O)O)=C(COC(=O)CC(C)=O)CS[C@H]12)c1csc(N)n1.CCCCOC(=N)C(=O)O. The number of amides is 2. The number of nitrogen functional groups attached to an aromatic ring is 1. The van der Waals surface area contributed by atoms with Crippen molar-refractivity contribution in [2.24, 2.45) is 5.16 Å². The summed E-state index contributed by atoms with van der Waals surface area (Å²) >= 11 is 2.31. The van der Waals surface area contributed by atoms with Gasteiger partial charge in [-0.05, 0) is 19.8 Å². The molecule has 6 N–H and O–H groups in total. The van der Waals surface area contributed by atoms with Gasteiger partial charge in [0.1, 0.15) is 48.2 Å². The molecule has 17 nitrogen and oxygen atoms in total. The number of carbonyl (C=O) groups excluding carboxylic acids is 4. The molecule has 0 spiro atoms. The number of nitrogens with zero attached hydrogens (tertiary/aromatic N) is 3. The lowest BCUT2D eigenvalue weighted by Crippen LogP contribution is -2.71. The van der Waals surface area contributed by atoms with E-state index in [-0.39, 0.29) is 52.6 Å². The number of carbonyl (C=O) groups is 6. The normalized spacial score (nSPS) is 17.1. The quantitative estimate of drug-likeness (QED) is 0.0332. The van der Waals surface area contributed by atoms with Gasteiger partial charge in [0.05, 0.1) is 6.61 Å². The Bertz CT molecular complexity index is 1390. The van der Waals surface area contributed by atoms with E-state index < -0.39 is 53.5 Å². The summed E-state index contributed by atoms with van der Waals surface area (Å²) in [6.07, 6.45) is 2.88. The van der Waals surface area contributed by atoms with Gasteiger partial charge in [-0.3, -0.25) is 29.5 Å². The molecule has 1 aromatic rings. The number of carboxylic acids is 2. The molecule has 0 saturated carbocycles. The molecule has 46 heavy (non-hydrogen) atoms. The number of carboxylic acid groups (broad SMARTS) is 2. The molecule has 19 heteroatoms. The number of Topliss-reactive ketones (excluding diaryl/α,β-unsaturated/α-hetero) is 1. The summed E-state index contributed by atoms with van der Waals surface area (Å²) in [5, 5.41) is 32.1. The maximum Gasteiger partial charge on any atom is 0.391 e. The van der Waals surface area contributed by atoms with Crippen LogP contribution in [-0.4, -0.2) is 104 Å². The van der Waals surface area contributed by atoms with Crippen molar-refractivity contribution in [2.45, 2.75) is 64.3 Å². The number of nitrogens with one attached hydrogen (secondary N) is 2. The number of esters is 1. The fraction of sp³-hybridized carbons (Fsp3) is 0.519. The van der Waals surface area contributed by atoms with E-state index in [4.69, 9.17) is 25.8 Å². The van der Waals surface area contributed by atoms with Gasteiger partial charge in [-0.25, -0.2) is 14.6 Å². The molecule has 1 saturated heterocycles. The molecule has 0 aliphatic carbocycles. The summed E-state index contributed by atoms with van der Waals surface area (Å²) in [7, 11) is 0. The zero-order chi connectivity index (χ0) is 34.4. The Morgan fingerprint density at radius 1 is 1.15 bits per heavy atom. The number of aliphatic carboxylic acids is 2. The number of rotatable bonds is 15. The van der Waals surface area contributed by atoms with Crippen molar-refractivity contribution in [1.29, 1.82) is 5.41 Å². The first-order valence-corrected chi connectivity index (χ1v) is 16.0. The minimum Gasteiger partial charge on any atom is -0.477 e. The first-order chi connectivity index (χ1) is 21.8. The molecule has 0 aromatic carbocycles. The molecule has 1 fully saturated rings. The lowest BCUT2D eigenvalue weighted by atomic mass is 10.0. The predicted molar refractivity (Wildman–Crippen MR) is 166 cm³/mol. The minimum atomic E-state index is -1.37. The van der Waals surface area contributed by atoms with Crippen LogP contribution >= 0.6 is 23.1 Å². The molecule has 2 atom stereocenters. The van der Waals surface area contributed by atoms with Gasteiger partial charge in [0.15, 0.2) is 10.8 Å². The third kappa shape index (κ3) is 10.8. The van der Waals surface area contributed by atoms with Crippen LogP contribution in [0.1, 0.15) is 58.6 Å². The highest BCUT2D eigenvalue weighted by molar-refractivity contribution is 8.00. The van der Waals surface area contributed by atoms with Gasteiger partial charge >= 0.3 is 17.9 Å². The van der Waals surface area contributed by atoms with Gasteiger partial charge in [0.25, 0.3) is 17.7 Å². The zero-order valence-corrected chi connectivity index (χ0v) is 27.0. The van der Waals surface area contributed by atoms with Gasteiger partial charge in [-0.2, -0.15) is 0 Å². The van der Waals surface area contributed by atoms with E-state index >= 15 is 0 Å². The van der Waals surface area contributed by atoms with E-state index in [1.807, 2.05) is 13.8 Å². The van der Waals surface area contributed by atoms with Crippen molar-refractivity contribution in [3.8, 4) is 0 Å². The number of nitrogens with two attached hydrogens (primary N) is 1. The van der Waals surface area contributed by atoms with Crippen LogP contribution in [0.3, 0.4) is 0 Å². The van der Waals surface area contributed by atoms with Crippen molar-refractivity contribution in [1.82, 2.24) is 15.2 Å². The van der Waals surface area contributed by atoms with E-state index in [1.165, 1.54) is 24.1 Å². The maximum atomic E-state index is 13.0. The molecule has 252 valence electrons. The van der Waals surface area contributed by atoms with E-state index in [1.54, 1.807) is 0 Å². The molecule has 0 unspecified atom stereocenters. The molecular weight excluding hydrogens is 648 g/mol. The number of aromatic nitrogens is 1. The Labute approximate surface area is 272 Å². The molecule has 2 amide bonds. The highest BCUT2D eigenvalue weighted by Gasteiger charge is 2.54. The van der Waals surface area contributed by atoms with E-state index in [0.29, 0.717) is 6.61 Å². The number of anilines is 1. The Morgan fingerprint density at radius 3 is 2.39 bits per heavy atom. The number of thiazole rings is 1. The smallest absolute Gasteiger partial charge is 0.391 e. The number of hydrogen-bond donors (Lipinski definition) is 5. The molecule has 2 aliphatic rings. The van der Waals surface area contributed by atoms with Crippen LogP contribution in [0.5, 0.6) is 0 Å². The zero-order valence-electron chi connectivity index (χ0n) is 25.4. The maximum absolute atomic E-state index is 13.0. The fourth-order valence-corrected chi connectivity index (χ4v) is 5.60. The summed E-state index contributed by atoms with van der Waals surface area (Å²) in [4.78, 5) is 80.8. The number of fused-ring (bicyclic) bond motifs is 1. The molecular formula is C27H36N6O11S2. The summed E-state index contributed by atoms with van der Waals surface area (Å²) in [5.41, 5.74) is 5.60. The van der Waals surface area contributed by atoms with Crippen molar-refractivity contribution < 1.29 is 53.3 Å². The Morgan fingerprint density at radius 2 is 1.83 bits per heavy atom. The molecule has 3 heterocycles. The molecule has 1 aromatic heterocycles. The first kappa shape index (κ1) is 37.7. The van der Waals surface area contributed by atoms with Crippen LogP contribution in [0.25, 0.3) is 0 Å². The lowest BCUT2D eigenvalue weighted by molar-refractivity contribution is -0.150. The van der Waals surface area contributed by atoms with E-state index in [2.05, 4.69) is 20.2 Å². The third-order valence-corrected chi connectivity index (χ3v) is 8.01. The second kappa shape index (κ2) is 18.4. The number of β-lactam (4-membered cyclic amide) rings is 1. The lowest BCUT2D eigenvalue weighted by Gasteiger charge is -2.49. The highest BCUT2D eigenvalue weighted by Crippen LogP contribution is 2.40. The standard InChI is InChI=1S/C21H25N5O8S2.C6H11NO3/c1-3-4-5-34-25-14(12-9-36-21(22)23-12)17(29)24-15-18(30)26-16(20(31)32)11(8-35-19(15)26)7-33-13(28)6-10(2)27;1-2-3-4-10-5(7)6(8)9/h9,15,19H,3-8H2,1-2H3,(H2,22,23)(H,24,29)(H,31,32);7H,2-4H2,1H3,(H,8,9)/b25-14-;/t15-,19-;/m1./s1. The fourth-order valence-electron chi connectivity index (χ4n) is 3.73. The topological polar surface area (TPSA) is 261 Å². The first-order valence-electron chi connectivity index (χ1n) is 14.0. The monoisotopic (exact) mass is 684 g/mol. The van der Waals surface area contributed by atoms with E-state index in [0.717, 1.165) is 41.9 Å². The van der Waals surface area contributed by atoms with Gasteiger partial charge in [-0.15, -0.1) is 23.1 Å². The largest absolute Gasteiger partial charge is 0.477 e. The predicted octanol–water partition coefficient (Wildman–Crippen LogP) is 1.37. The minimum absolute atomic E-state index is 0.138. The average Bonchev–Trinajstić information content (AvgIpc) is 3.43. The summed E-state index contributed by atoms with van der Waals surface area (Å²) in [5.74, 6) is -5.76. The second-order valence-corrected chi connectivity index (χ2v) is 11.7. The average molecular weight is 685 g/mol. The van der Waals surface area contributed by atoms with Crippen LogP contribution in [-0.2, 0) is 43.1 Å². The Kier molecular flexibility index (Phi) is 15.1. The number of ketones is 1. The molecule has 3 rings (SSSR count). The van der Waals surface area contributed by atoms with Crippen LogP contribution in [0.4, 0.5) is 5.13 Å². The Hall–Kier alpha value is -4.52. The number of oxime groups is 1. The number of hydrogen-bond acceptors (Lipinski definition) is 15. The van der Waals surface area contributed by atoms with Gasteiger partial charge in [0, 0.05) is 16.7 Å². The summed E-state index contributed by atoms with van der Waals surface area (Å²) in [6.45, 7) is 5.40. The van der Waals surface area contributed by atoms with Crippen LogP contribution < -0.4 is 11.1 Å². The van der Waals surface area contributed by atoms with Crippen molar-refractivity contribution in [3.63, 3.8) is 0 Å². The molecule has 2 aliphatic heterocycles. The van der Waals surface area contributed by atoms with Crippen molar-refractivity contribution in [3.05, 3.63) is 22.3 Å². The van der Waals surface area contributed by atoms with Crippen molar-refractivity contribution >= 4 is 75.3 Å². The number of thioether (sulfide) groups is 1. The number of unbranched alkanes of at least 4 members (excludes halogenated alkanes) is 2. The van der Waals surface area contributed by atoms with E-state index in [9.17, 15) is 33.9 Å². The summed E-state index contributed by atoms with van der Waals surface area (Å²) in [6, 6.07) is -1.02. The number of ether oxygens (including phenoxy) is 2. The Balaban J connectivity index is 0.000000634. The van der Waals surface area contributed by atoms with Crippen molar-refractivity contribution in [2.75, 3.05) is 31.3 Å².